The average molecular weight is 285 g/mol. The molecule has 108 valence electrons. The van der Waals surface area contributed by atoms with E-state index >= 15 is 0 Å². The summed E-state index contributed by atoms with van der Waals surface area (Å²) in [7, 11) is 0. The molecule has 21 heavy (non-hydrogen) atoms. The second kappa shape index (κ2) is 6.04. The van der Waals surface area contributed by atoms with Crippen LogP contribution in [0.15, 0.2) is 36.5 Å². The zero-order valence-electron chi connectivity index (χ0n) is 11.5. The first kappa shape index (κ1) is 14.5. The monoisotopic (exact) mass is 285 g/mol. The van der Waals surface area contributed by atoms with Crippen molar-refractivity contribution in [2.75, 3.05) is 11.1 Å². The van der Waals surface area contributed by atoms with Crippen molar-refractivity contribution in [3.8, 4) is 0 Å². The van der Waals surface area contributed by atoms with E-state index < -0.39 is 5.97 Å². The van der Waals surface area contributed by atoms with Crippen molar-refractivity contribution in [1.29, 1.82) is 0 Å². The Bertz CT molecular complexity index is 681. The van der Waals surface area contributed by atoms with Crippen LogP contribution in [0.25, 0.3) is 0 Å². The minimum atomic E-state index is -1.02. The molecule has 0 unspecified atom stereocenters. The molecule has 0 aliphatic rings. The fourth-order valence-electron chi connectivity index (χ4n) is 1.90. The summed E-state index contributed by atoms with van der Waals surface area (Å²) in [6, 6.07) is 8.10. The van der Waals surface area contributed by atoms with Crippen molar-refractivity contribution < 1.29 is 14.7 Å². The van der Waals surface area contributed by atoms with Gasteiger partial charge in [0.1, 0.15) is 0 Å². The first-order chi connectivity index (χ1) is 9.97. The molecule has 1 amide bonds. The SMILES string of the molecule is Cc1c(NC(=O)Cc2ccc(N)cn2)cccc1C(=O)O. The lowest BCUT2D eigenvalue weighted by Crippen LogP contribution is -2.16. The lowest BCUT2D eigenvalue weighted by molar-refractivity contribution is -0.115. The summed E-state index contributed by atoms with van der Waals surface area (Å²) in [6.07, 6.45) is 1.58. The molecule has 6 heteroatoms. The van der Waals surface area contributed by atoms with Gasteiger partial charge in [0.15, 0.2) is 0 Å². The molecule has 2 rings (SSSR count). The zero-order valence-corrected chi connectivity index (χ0v) is 11.5. The van der Waals surface area contributed by atoms with Gasteiger partial charge in [-0.05, 0) is 36.8 Å². The van der Waals surface area contributed by atoms with Crippen molar-refractivity contribution in [1.82, 2.24) is 4.98 Å². The molecule has 0 radical (unpaired) electrons. The van der Waals surface area contributed by atoms with Gasteiger partial charge in [0.2, 0.25) is 5.91 Å². The second-order valence-corrected chi connectivity index (χ2v) is 4.59. The van der Waals surface area contributed by atoms with Crippen LogP contribution in [-0.2, 0) is 11.2 Å². The topological polar surface area (TPSA) is 105 Å². The van der Waals surface area contributed by atoms with Crippen molar-refractivity contribution in [2.45, 2.75) is 13.3 Å². The highest BCUT2D eigenvalue weighted by molar-refractivity contribution is 5.96. The molecule has 2 aromatic rings. The van der Waals surface area contributed by atoms with Crippen LogP contribution in [0.5, 0.6) is 0 Å². The Labute approximate surface area is 121 Å². The molecule has 1 aromatic heterocycles. The number of rotatable bonds is 4. The number of carbonyl (C=O) groups is 2. The van der Waals surface area contributed by atoms with E-state index in [-0.39, 0.29) is 17.9 Å². The van der Waals surface area contributed by atoms with Gasteiger partial charge >= 0.3 is 5.97 Å². The van der Waals surface area contributed by atoms with Crippen molar-refractivity contribution in [3.05, 3.63) is 53.3 Å². The minimum Gasteiger partial charge on any atom is -0.478 e. The molecule has 0 saturated heterocycles. The number of nitrogen functional groups attached to an aromatic ring is 1. The van der Waals surface area contributed by atoms with Gasteiger partial charge in [0.05, 0.1) is 23.9 Å². The van der Waals surface area contributed by atoms with E-state index in [1.54, 1.807) is 31.2 Å². The lowest BCUT2D eigenvalue weighted by atomic mass is 10.1. The third-order valence-corrected chi connectivity index (χ3v) is 3.03. The van der Waals surface area contributed by atoms with Crippen molar-refractivity contribution in [3.63, 3.8) is 0 Å². The molecule has 4 N–H and O–H groups in total. The van der Waals surface area contributed by atoms with E-state index in [0.29, 0.717) is 22.6 Å². The molecule has 0 spiro atoms. The molecule has 0 fully saturated rings. The summed E-state index contributed by atoms with van der Waals surface area (Å²) in [5.41, 5.74) is 7.81. The van der Waals surface area contributed by atoms with Gasteiger partial charge in [0.25, 0.3) is 0 Å². The molecule has 1 aromatic carbocycles. The summed E-state index contributed by atoms with van der Waals surface area (Å²) < 4.78 is 0. The maximum Gasteiger partial charge on any atom is 0.336 e. The number of nitrogens with two attached hydrogens (primary N) is 1. The molecule has 0 bridgehead atoms. The van der Waals surface area contributed by atoms with Gasteiger partial charge in [-0.3, -0.25) is 9.78 Å². The molecular weight excluding hydrogens is 270 g/mol. The van der Waals surface area contributed by atoms with Crippen LogP contribution in [0, 0.1) is 6.92 Å². The number of nitrogens with zero attached hydrogens (tertiary/aromatic N) is 1. The Morgan fingerprint density at radius 3 is 2.67 bits per heavy atom. The summed E-state index contributed by atoms with van der Waals surface area (Å²) >= 11 is 0. The third-order valence-electron chi connectivity index (χ3n) is 3.03. The lowest BCUT2D eigenvalue weighted by Gasteiger charge is -2.10. The summed E-state index contributed by atoms with van der Waals surface area (Å²) in [6.45, 7) is 1.65. The fraction of sp³-hybridized carbons (Fsp3) is 0.133. The zero-order chi connectivity index (χ0) is 15.4. The minimum absolute atomic E-state index is 0.0943. The van der Waals surface area contributed by atoms with Gasteiger partial charge in [-0.25, -0.2) is 4.79 Å². The third kappa shape index (κ3) is 3.56. The number of aromatic carboxylic acids is 1. The van der Waals surface area contributed by atoms with Crippen LogP contribution in [-0.4, -0.2) is 22.0 Å². The highest BCUT2D eigenvalue weighted by atomic mass is 16.4. The van der Waals surface area contributed by atoms with E-state index in [4.69, 9.17) is 10.8 Å². The number of aromatic nitrogens is 1. The standard InChI is InChI=1S/C15H15N3O3/c1-9-12(15(20)21)3-2-4-13(9)18-14(19)7-11-6-5-10(16)8-17-11/h2-6,8H,7,16H2,1H3,(H,18,19)(H,20,21). The molecule has 0 saturated carbocycles. The molecule has 1 heterocycles. The van der Waals surface area contributed by atoms with Crippen LogP contribution in [0.3, 0.4) is 0 Å². The van der Waals surface area contributed by atoms with E-state index in [2.05, 4.69) is 10.3 Å². The van der Waals surface area contributed by atoms with Crippen molar-refractivity contribution in [2.24, 2.45) is 0 Å². The number of hydrogen-bond donors (Lipinski definition) is 3. The molecule has 0 atom stereocenters. The highest BCUT2D eigenvalue weighted by Crippen LogP contribution is 2.19. The molecule has 0 aliphatic carbocycles. The van der Waals surface area contributed by atoms with Crippen LogP contribution in [0.2, 0.25) is 0 Å². The van der Waals surface area contributed by atoms with E-state index in [1.807, 2.05) is 0 Å². The van der Waals surface area contributed by atoms with E-state index in [9.17, 15) is 9.59 Å². The number of benzene rings is 1. The Morgan fingerprint density at radius 1 is 1.29 bits per heavy atom. The average Bonchev–Trinajstić information content (AvgIpc) is 2.43. The number of carbonyl (C=O) groups excluding carboxylic acids is 1. The number of carboxylic acids is 1. The predicted molar refractivity (Wildman–Crippen MR) is 79.1 cm³/mol. The molecule has 6 nitrogen and oxygen atoms in total. The normalized spacial score (nSPS) is 10.1. The number of amides is 1. The summed E-state index contributed by atoms with van der Waals surface area (Å²) in [4.78, 5) is 27.1. The number of hydrogen-bond acceptors (Lipinski definition) is 4. The van der Waals surface area contributed by atoms with Crippen LogP contribution < -0.4 is 11.1 Å². The van der Waals surface area contributed by atoms with Gasteiger partial charge < -0.3 is 16.2 Å². The number of pyridine rings is 1. The Balaban J connectivity index is 2.11. The molecule has 0 aliphatic heterocycles. The Hall–Kier alpha value is -2.89. The van der Waals surface area contributed by atoms with Gasteiger partial charge in [-0.2, -0.15) is 0 Å². The highest BCUT2D eigenvalue weighted by Gasteiger charge is 2.12. The Kier molecular flexibility index (Phi) is 4.18. The number of anilines is 2. The van der Waals surface area contributed by atoms with Crippen LogP contribution in [0.4, 0.5) is 11.4 Å². The maximum atomic E-state index is 12.0. The van der Waals surface area contributed by atoms with Crippen LogP contribution >= 0.6 is 0 Å². The quantitative estimate of drug-likeness (QED) is 0.795. The van der Waals surface area contributed by atoms with Crippen molar-refractivity contribution >= 4 is 23.3 Å². The second-order valence-electron chi connectivity index (χ2n) is 4.59. The summed E-state index contributed by atoms with van der Waals surface area (Å²) in [5, 5.41) is 11.7. The maximum absolute atomic E-state index is 12.0. The van der Waals surface area contributed by atoms with Gasteiger partial charge in [-0.1, -0.05) is 6.07 Å². The van der Waals surface area contributed by atoms with Gasteiger partial charge in [-0.15, -0.1) is 0 Å². The molecular formula is C15H15N3O3. The fourth-order valence-corrected chi connectivity index (χ4v) is 1.90. The Morgan fingerprint density at radius 2 is 2.05 bits per heavy atom. The number of nitrogens with one attached hydrogen (secondary N) is 1. The smallest absolute Gasteiger partial charge is 0.336 e. The van der Waals surface area contributed by atoms with E-state index in [1.165, 1.54) is 12.3 Å². The first-order valence-corrected chi connectivity index (χ1v) is 6.30. The van der Waals surface area contributed by atoms with Crippen LogP contribution in [0.1, 0.15) is 21.6 Å². The first-order valence-electron chi connectivity index (χ1n) is 6.30. The van der Waals surface area contributed by atoms with Gasteiger partial charge in [0, 0.05) is 11.4 Å². The largest absolute Gasteiger partial charge is 0.478 e. The number of carboxylic acid groups (broad SMARTS) is 1. The summed E-state index contributed by atoms with van der Waals surface area (Å²) in [5.74, 6) is -1.29. The van der Waals surface area contributed by atoms with E-state index in [0.717, 1.165) is 0 Å². The predicted octanol–water partition coefficient (Wildman–Crippen LogP) is 1.85.